The fraction of sp³-hybridized carbons (Fsp3) is 0.500. The molecule has 0 saturated heterocycles. The summed E-state index contributed by atoms with van der Waals surface area (Å²) in [7, 11) is 1.86. The number of amides is 1. The molecule has 1 aromatic heterocycles. The number of hydrogen-bond donors (Lipinski definition) is 1. The van der Waals surface area contributed by atoms with E-state index in [1.807, 2.05) is 31.0 Å². The molecule has 1 aliphatic rings. The fourth-order valence-electron chi connectivity index (χ4n) is 1.64. The molecule has 0 radical (unpaired) electrons. The average molecular weight is 219 g/mol. The number of carbonyl (C=O) groups is 1. The highest BCUT2D eigenvalue weighted by molar-refractivity contribution is 5.94. The second-order valence-corrected chi connectivity index (χ2v) is 4.11. The van der Waals surface area contributed by atoms with E-state index in [1.165, 1.54) is 0 Å². The van der Waals surface area contributed by atoms with E-state index in [4.69, 9.17) is 0 Å². The van der Waals surface area contributed by atoms with Crippen LogP contribution in [0.3, 0.4) is 0 Å². The van der Waals surface area contributed by atoms with Gasteiger partial charge in [0.1, 0.15) is 5.82 Å². The Balaban J connectivity index is 2.05. The maximum Gasteiger partial charge on any atom is 0.255 e. The van der Waals surface area contributed by atoms with E-state index in [1.54, 1.807) is 6.20 Å². The maximum atomic E-state index is 12.0. The van der Waals surface area contributed by atoms with Crippen LogP contribution in [0.25, 0.3) is 0 Å². The van der Waals surface area contributed by atoms with Gasteiger partial charge in [-0.2, -0.15) is 0 Å². The van der Waals surface area contributed by atoms with Crippen molar-refractivity contribution >= 4 is 11.7 Å². The lowest BCUT2D eigenvalue weighted by Gasteiger charge is -2.16. The summed E-state index contributed by atoms with van der Waals surface area (Å²) in [4.78, 5) is 18.0. The van der Waals surface area contributed by atoms with Crippen LogP contribution in [0.5, 0.6) is 0 Å². The standard InChI is InChI=1S/C12H17N3O/c1-3-13-11-7-4-9(8-14-11)12(16)15(2)10-5-6-10/h4,7-8,10H,3,5-6H2,1-2H3,(H,13,14). The van der Waals surface area contributed by atoms with Crippen LogP contribution in [-0.2, 0) is 0 Å². The minimum atomic E-state index is 0.0676. The van der Waals surface area contributed by atoms with Crippen LogP contribution in [0.1, 0.15) is 30.1 Å². The third-order valence-electron chi connectivity index (χ3n) is 2.78. The van der Waals surface area contributed by atoms with Gasteiger partial charge in [0.15, 0.2) is 0 Å². The summed E-state index contributed by atoms with van der Waals surface area (Å²) in [6, 6.07) is 4.12. The Kier molecular flexibility index (Phi) is 3.08. The van der Waals surface area contributed by atoms with E-state index in [0.717, 1.165) is 25.2 Å². The highest BCUT2D eigenvalue weighted by Crippen LogP contribution is 2.26. The Hall–Kier alpha value is -1.58. The van der Waals surface area contributed by atoms with Crippen molar-refractivity contribution in [3.8, 4) is 0 Å². The summed E-state index contributed by atoms with van der Waals surface area (Å²) in [6.07, 6.45) is 3.90. The zero-order valence-electron chi connectivity index (χ0n) is 9.73. The Morgan fingerprint density at radius 2 is 2.31 bits per heavy atom. The van der Waals surface area contributed by atoms with Crippen LogP contribution in [0.2, 0.25) is 0 Å². The molecule has 1 aromatic rings. The zero-order chi connectivity index (χ0) is 11.5. The van der Waals surface area contributed by atoms with E-state index < -0.39 is 0 Å². The van der Waals surface area contributed by atoms with Crippen molar-refractivity contribution < 1.29 is 4.79 Å². The van der Waals surface area contributed by atoms with Crippen LogP contribution in [0, 0.1) is 0 Å². The lowest BCUT2D eigenvalue weighted by Crippen LogP contribution is -2.28. The molecule has 1 fully saturated rings. The highest BCUT2D eigenvalue weighted by Gasteiger charge is 2.30. The molecule has 1 N–H and O–H groups in total. The van der Waals surface area contributed by atoms with Crippen LogP contribution in [0.15, 0.2) is 18.3 Å². The van der Waals surface area contributed by atoms with Gasteiger partial charge in [-0.1, -0.05) is 0 Å². The number of nitrogens with one attached hydrogen (secondary N) is 1. The summed E-state index contributed by atoms with van der Waals surface area (Å²) in [5.41, 5.74) is 0.663. The number of carbonyl (C=O) groups excluding carboxylic acids is 1. The Morgan fingerprint density at radius 1 is 1.56 bits per heavy atom. The topological polar surface area (TPSA) is 45.2 Å². The molecule has 0 spiro atoms. The molecular formula is C12H17N3O. The van der Waals surface area contributed by atoms with Crippen molar-refractivity contribution in [2.75, 3.05) is 18.9 Å². The minimum absolute atomic E-state index is 0.0676. The summed E-state index contributed by atoms with van der Waals surface area (Å²) >= 11 is 0. The summed E-state index contributed by atoms with van der Waals surface area (Å²) in [5, 5.41) is 3.10. The number of anilines is 1. The number of nitrogens with zero attached hydrogens (tertiary/aromatic N) is 2. The van der Waals surface area contributed by atoms with Crippen molar-refractivity contribution in [2.45, 2.75) is 25.8 Å². The molecule has 1 amide bonds. The highest BCUT2D eigenvalue weighted by atomic mass is 16.2. The van der Waals surface area contributed by atoms with Gasteiger partial charge < -0.3 is 10.2 Å². The average Bonchev–Trinajstić information content (AvgIpc) is 3.12. The largest absolute Gasteiger partial charge is 0.370 e. The predicted molar refractivity (Wildman–Crippen MR) is 63.5 cm³/mol. The molecule has 1 aliphatic carbocycles. The van der Waals surface area contributed by atoms with Gasteiger partial charge in [-0.05, 0) is 31.9 Å². The Bertz CT molecular complexity index is 370. The second kappa shape index (κ2) is 4.51. The first-order valence-electron chi connectivity index (χ1n) is 5.69. The molecule has 0 unspecified atom stereocenters. The lowest BCUT2D eigenvalue weighted by molar-refractivity contribution is 0.0784. The van der Waals surface area contributed by atoms with Gasteiger partial charge in [0.25, 0.3) is 5.91 Å². The molecule has 2 rings (SSSR count). The smallest absolute Gasteiger partial charge is 0.255 e. The van der Waals surface area contributed by atoms with E-state index in [-0.39, 0.29) is 5.91 Å². The van der Waals surface area contributed by atoms with Gasteiger partial charge in [0, 0.05) is 25.8 Å². The molecule has 16 heavy (non-hydrogen) atoms. The first kappa shape index (κ1) is 10.9. The minimum Gasteiger partial charge on any atom is -0.370 e. The molecule has 0 aromatic carbocycles. The normalized spacial score (nSPS) is 14.6. The van der Waals surface area contributed by atoms with Crippen LogP contribution >= 0.6 is 0 Å². The molecule has 0 bridgehead atoms. The summed E-state index contributed by atoms with van der Waals surface area (Å²) in [5.74, 6) is 0.881. The molecule has 0 atom stereocenters. The Labute approximate surface area is 95.7 Å². The third-order valence-corrected chi connectivity index (χ3v) is 2.78. The lowest BCUT2D eigenvalue weighted by atomic mass is 10.2. The van der Waals surface area contributed by atoms with Gasteiger partial charge in [-0.25, -0.2) is 4.98 Å². The molecule has 86 valence electrons. The molecule has 4 nitrogen and oxygen atoms in total. The number of hydrogen-bond acceptors (Lipinski definition) is 3. The number of rotatable bonds is 4. The molecule has 1 saturated carbocycles. The monoisotopic (exact) mass is 219 g/mol. The SMILES string of the molecule is CCNc1ccc(C(=O)N(C)C2CC2)cn1. The van der Waals surface area contributed by atoms with E-state index in [0.29, 0.717) is 11.6 Å². The molecular weight excluding hydrogens is 202 g/mol. The van der Waals surface area contributed by atoms with Gasteiger partial charge in [-0.3, -0.25) is 4.79 Å². The van der Waals surface area contributed by atoms with Gasteiger partial charge >= 0.3 is 0 Å². The quantitative estimate of drug-likeness (QED) is 0.839. The van der Waals surface area contributed by atoms with E-state index >= 15 is 0 Å². The van der Waals surface area contributed by atoms with Gasteiger partial charge in [0.2, 0.25) is 0 Å². The van der Waals surface area contributed by atoms with Crippen molar-refractivity contribution in [3.63, 3.8) is 0 Å². The number of pyridine rings is 1. The predicted octanol–water partition coefficient (Wildman–Crippen LogP) is 1.75. The Morgan fingerprint density at radius 3 is 2.81 bits per heavy atom. The first-order valence-corrected chi connectivity index (χ1v) is 5.69. The number of aromatic nitrogens is 1. The van der Waals surface area contributed by atoms with Crippen LogP contribution in [0.4, 0.5) is 5.82 Å². The van der Waals surface area contributed by atoms with Crippen LogP contribution in [-0.4, -0.2) is 35.4 Å². The van der Waals surface area contributed by atoms with E-state index in [9.17, 15) is 4.79 Å². The van der Waals surface area contributed by atoms with Crippen molar-refractivity contribution in [1.29, 1.82) is 0 Å². The third kappa shape index (κ3) is 2.32. The van der Waals surface area contributed by atoms with Crippen molar-refractivity contribution in [3.05, 3.63) is 23.9 Å². The van der Waals surface area contributed by atoms with Gasteiger partial charge in [-0.15, -0.1) is 0 Å². The molecule has 1 heterocycles. The summed E-state index contributed by atoms with van der Waals surface area (Å²) in [6.45, 7) is 2.85. The van der Waals surface area contributed by atoms with Crippen molar-refractivity contribution in [2.24, 2.45) is 0 Å². The van der Waals surface area contributed by atoms with Crippen molar-refractivity contribution in [1.82, 2.24) is 9.88 Å². The van der Waals surface area contributed by atoms with Gasteiger partial charge in [0.05, 0.1) is 5.56 Å². The fourth-order valence-corrected chi connectivity index (χ4v) is 1.64. The molecule has 0 aliphatic heterocycles. The van der Waals surface area contributed by atoms with E-state index in [2.05, 4.69) is 10.3 Å². The zero-order valence-corrected chi connectivity index (χ0v) is 9.73. The van der Waals surface area contributed by atoms with Crippen LogP contribution < -0.4 is 5.32 Å². The first-order chi connectivity index (χ1) is 7.72. The second-order valence-electron chi connectivity index (χ2n) is 4.11. The maximum absolute atomic E-state index is 12.0. The summed E-state index contributed by atoms with van der Waals surface area (Å²) < 4.78 is 0. The molecule has 4 heteroatoms.